The fourth-order valence-corrected chi connectivity index (χ4v) is 1.32. The summed E-state index contributed by atoms with van der Waals surface area (Å²) in [5, 5.41) is 20.7. The van der Waals surface area contributed by atoms with E-state index in [1.807, 2.05) is 13.0 Å². The molecule has 0 aliphatic heterocycles. The van der Waals surface area contributed by atoms with Crippen molar-refractivity contribution in [2.45, 2.75) is 26.3 Å². The summed E-state index contributed by atoms with van der Waals surface area (Å²) < 4.78 is 0. The van der Waals surface area contributed by atoms with Crippen molar-refractivity contribution in [2.24, 2.45) is 0 Å². The van der Waals surface area contributed by atoms with Gasteiger partial charge in [0.25, 0.3) is 5.91 Å². The fraction of sp³-hybridized carbons (Fsp3) is 0.333. The van der Waals surface area contributed by atoms with E-state index in [1.54, 1.807) is 19.1 Å². The van der Waals surface area contributed by atoms with Crippen LogP contribution < -0.4 is 5.32 Å². The molecule has 0 aliphatic carbocycles. The van der Waals surface area contributed by atoms with Crippen molar-refractivity contribution in [1.29, 1.82) is 5.26 Å². The number of nitrogens with one attached hydrogen (secondary N) is 1. The monoisotopic (exact) mass is 218 g/mol. The first-order valence-corrected chi connectivity index (χ1v) is 5.02. The van der Waals surface area contributed by atoms with E-state index in [0.717, 1.165) is 5.56 Å². The van der Waals surface area contributed by atoms with Gasteiger partial charge in [-0.3, -0.25) is 4.79 Å². The Morgan fingerprint density at radius 2 is 2.31 bits per heavy atom. The summed E-state index contributed by atoms with van der Waals surface area (Å²) in [6, 6.07) is 6.60. The summed E-state index contributed by atoms with van der Waals surface area (Å²) in [6.45, 7) is 3.58. The Bertz CT molecular complexity index is 435. The van der Waals surface area contributed by atoms with E-state index in [-0.39, 0.29) is 29.7 Å². The minimum absolute atomic E-state index is 0.0401. The van der Waals surface area contributed by atoms with E-state index in [0.29, 0.717) is 0 Å². The van der Waals surface area contributed by atoms with Crippen LogP contribution in [0.1, 0.15) is 29.3 Å². The smallest absolute Gasteiger partial charge is 0.255 e. The molecule has 1 rings (SSSR count). The van der Waals surface area contributed by atoms with Crippen LogP contribution in [0.5, 0.6) is 5.75 Å². The first kappa shape index (κ1) is 12.1. The zero-order valence-electron chi connectivity index (χ0n) is 9.32. The minimum atomic E-state index is -0.361. The van der Waals surface area contributed by atoms with E-state index in [9.17, 15) is 9.90 Å². The Kier molecular flexibility index (Phi) is 3.90. The number of aryl methyl sites for hydroxylation is 1. The molecular formula is C12H14N2O2. The molecule has 0 aromatic heterocycles. The average Bonchev–Trinajstić information content (AvgIpc) is 2.17. The summed E-state index contributed by atoms with van der Waals surface area (Å²) in [5.41, 5.74) is 1.12. The van der Waals surface area contributed by atoms with E-state index < -0.39 is 0 Å². The van der Waals surface area contributed by atoms with Gasteiger partial charge in [-0.2, -0.15) is 5.26 Å². The number of amides is 1. The quantitative estimate of drug-likeness (QED) is 0.811. The van der Waals surface area contributed by atoms with Gasteiger partial charge in [0, 0.05) is 6.04 Å². The second-order valence-electron chi connectivity index (χ2n) is 3.76. The van der Waals surface area contributed by atoms with Crippen LogP contribution in [0.25, 0.3) is 0 Å². The number of hydrogen-bond acceptors (Lipinski definition) is 3. The second-order valence-corrected chi connectivity index (χ2v) is 3.76. The Balaban J connectivity index is 2.78. The summed E-state index contributed by atoms with van der Waals surface area (Å²) in [6.07, 6.45) is 0.248. The molecule has 0 saturated heterocycles. The molecule has 4 nitrogen and oxygen atoms in total. The largest absolute Gasteiger partial charge is 0.507 e. The van der Waals surface area contributed by atoms with Gasteiger partial charge in [-0.1, -0.05) is 6.07 Å². The Labute approximate surface area is 94.5 Å². The van der Waals surface area contributed by atoms with Gasteiger partial charge in [0.1, 0.15) is 5.75 Å². The zero-order chi connectivity index (χ0) is 12.1. The van der Waals surface area contributed by atoms with Gasteiger partial charge in [0.05, 0.1) is 18.1 Å². The number of carbonyl (C=O) groups is 1. The molecule has 1 aromatic carbocycles. The van der Waals surface area contributed by atoms with Gasteiger partial charge >= 0.3 is 0 Å². The van der Waals surface area contributed by atoms with Gasteiger partial charge in [-0.25, -0.2) is 0 Å². The maximum absolute atomic E-state index is 11.7. The molecule has 0 aliphatic rings. The third kappa shape index (κ3) is 2.99. The number of phenols is 1. The molecule has 0 spiro atoms. The molecular weight excluding hydrogens is 204 g/mol. The van der Waals surface area contributed by atoms with Crippen molar-refractivity contribution in [2.75, 3.05) is 0 Å². The lowest BCUT2D eigenvalue weighted by Crippen LogP contribution is -2.32. The Morgan fingerprint density at radius 3 is 2.88 bits per heavy atom. The summed E-state index contributed by atoms with van der Waals surface area (Å²) >= 11 is 0. The third-order valence-corrected chi connectivity index (χ3v) is 2.17. The van der Waals surface area contributed by atoms with Crippen LogP contribution in [-0.4, -0.2) is 17.1 Å². The van der Waals surface area contributed by atoms with E-state index in [4.69, 9.17) is 5.26 Å². The summed E-state index contributed by atoms with van der Waals surface area (Å²) in [4.78, 5) is 11.7. The Hall–Kier alpha value is -2.02. The van der Waals surface area contributed by atoms with Crippen LogP contribution in [0, 0.1) is 18.3 Å². The molecule has 2 N–H and O–H groups in total. The van der Waals surface area contributed by atoms with Gasteiger partial charge in [-0.15, -0.1) is 0 Å². The van der Waals surface area contributed by atoms with Gasteiger partial charge in [0.15, 0.2) is 0 Å². The summed E-state index contributed by atoms with van der Waals surface area (Å²) in [5.74, 6) is -0.401. The van der Waals surface area contributed by atoms with Crippen LogP contribution >= 0.6 is 0 Å². The standard InChI is InChI=1S/C12H14N2O2/c1-8-3-4-10(11(15)7-8)12(16)14-9(2)5-6-13/h3-4,7,9,15H,5H2,1-2H3,(H,14,16). The molecule has 1 amide bonds. The molecule has 1 aromatic rings. The minimum Gasteiger partial charge on any atom is -0.507 e. The molecule has 0 fully saturated rings. The lowest BCUT2D eigenvalue weighted by molar-refractivity contribution is 0.0938. The number of nitrogens with zero attached hydrogens (tertiary/aromatic N) is 1. The van der Waals surface area contributed by atoms with Crippen molar-refractivity contribution in [1.82, 2.24) is 5.32 Å². The van der Waals surface area contributed by atoms with Crippen molar-refractivity contribution >= 4 is 5.91 Å². The van der Waals surface area contributed by atoms with Crippen LogP contribution in [0.2, 0.25) is 0 Å². The first-order valence-electron chi connectivity index (χ1n) is 5.02. The van der Waals surface area contributed by atoms with E-state index in [2.05, 4.69) is 5.32 Å². The van der Waals surface area contributed by atoms with Crippen LogP contribution in [0.4, 0.5) is 0 Å². The van der Waals surface area contributed by atoms with Crippen molar-refractivity contribution < 1.29 is 9.90 Å². The topological polar surface area (TPSA) is 73.1 Å². The lowest BCUT2D eigenvalue weighted by atomic mass is 10.1. The fourth-order valence-electron chi connectivity index (χ4n) is 1.32. The summed E-state index contributed by atoms with van der Waals surface area (Å²) in [7, 11) is 0. The molecule has 1 atom stereocenters. The van der Waals surface area contributed by atoms with Gasteiger partial charge in [0.2, 0.25) is 0 Å². The zero-order valence-corrected chi connectivity index (χ0v) is 9.32. The highest BCUT2D eigenvalue weighted by atomic mass is 16.3. The molecule has 16 heavy (non-hydrogen) atoms. The molecule has 0 saturated carbocycles. The maximum atomic E-state index is 11.7. The van der Waals surface area contributed by atoms with Crippen molar-refractivity contribution in [3.05, 3.63) is 29.3 Å². The molecule has 0 heterocycles. The predicted molar refractivity (Wildman–Crippen MR) is 60.0 cm³/mol. The number of phenolic OH excluding ortho intramolecular Hbond substituents is 1. The highest BCUT2D eigenvalue weighted by Crippen LogP contribution is 2.18. The Morgan fingerprint density at radius 1 is 1.62 bits per heavy atom. The second kappa shape index (κ2) is 5.17. The number of nitriles is 1. The van der Waals surface area contributed by atoms with Gasteiger partial charge < -0.3 is 10.4 Å². The lowest BCUT2D eigenvalue weighted by Gasteiger charge is -2.11. The van der Waals surface area contributed by atoms with Crippen LogP contribution in [0.3, 0.4) is 0 Å². The number of carbonyl (C=O) groups excluding carboxylic acids is 1. The van der Waals surface area contributed by atoms with E-state index >= 15 is 0 Å². The first-order chi connectivity index (χ1) is 7.54. The van der Waals surface area contributed by atoms with E-state index in [1.165, 1.54) is 6.07 Å². The normalized spacial score (nSPS) is 11.6. The molecule has 0 bridgehead atoms. The number of aromatic hydroxyl groups is 1. The number of rotatable bonds is 3. The van der Waals surface area contributed by atoms with Crippen LogP contribution in [-0.2, 0) is 0 Å². The highest BCUT2D eigenvalue weighted by molar-refractivity contribution is 5.97. The van der Waals surface area contributed by atoms with Crippen LogP contribution in [0.15, 0.2) is 18.2 Å². The average molecular weight is 218 g/mol. The predicted octanol–water partition coefficient (Wildman–Crippen LogP) is 1.73. The molecule has 4 heteroatoms. The maximum Gasteiger partial charge on any atom is 0.255 e. The third-order valence-electron chi connectivity index (χ3n) is 2.17. The molecule has 0 radical (unpaired) electrons. The highest BCUT2D eigenvalue weighted by Gasteiger charge is 2.13. The van der Waals surface area contributed by atoms with Crippen molar-refractivity contribution in [3.63, 3.8) is 0 Å². The molecule has 1 unspecified atom stereocenters. The van der Waals surface area contributed by atoms with Gasteiger partial charge in [-0.05, 0) is 31.5 Å². The molecule has 84 valence electrons. The van der Waals surface area contributed by atoms with Crippen molar-refractivity contribution in [3.8, 4) is 11.8 Å². The SMILES string of the molecule is Cc1ccc(C(=O)NC(C)CC#N)c(O)c1. The number of hydrogen-bond donors (Lipinski definition) is 2. The number of benzene rings is 1.